The number of aromatic nitrogens is 1. The lowest BCUT2D eigenvalue weighted by molar-refractivity contribution is -0.112. The summed E-state index contributed by atoms with van der Waals surface area (Å²) in [7, 11) is 1.51. The standard InChI is InChI=1S/C12H19N3O6/c1-6-14-7(3-13)12(21-6)15(2)4-8(17)10(19)11(20)9(18)5-16/h8-11,16-20H,4-5H2,1-2H3. The average molecular weight is 301 g/mol. The van der Waals surface area contributed by atoms with E-state index in [2.05, 4.69) is 4.98 Å². The van der Waals surface area contributed by atoms with Gasteiger partial charge >= 0.3 is 0 Å². The zero-order valence-electron chi connectivity index (χ0n) is 11.7. The van der Waals surface area contributed by atoms with Gasteiger partial charge in [-0.2, -0.15) is 5.26 Å². The van der Waals surface area contributed by atoms with Crippen LogP contribution in [0.3, 0.4) is 0 Å². The monoisotopic (exact) mass is 301 g/mol. The Balaban J connectivity index is 2.73. The second-order valence-corrected chi connectivity index (χ2v) is 4.68. The van der Waals surface area contributed by atoms with Crippen LogP contribution >= 0.6 is 0 Å². The zero-order chi connectivity index (χ0) is 16.2. The molecule has 0 radical (unpaired) electrons. The van der Waals surface area contributed by atoms with Gasteiger partial charge in [-0.15, -0.1) is 0 Å². The van der Waals surface area contributed by atoms with Crippen LogP contribution in [0, 0.1) is 18.3 Å². The van der Waals surface area contributed by atoms with Gasteiger partial charge in [-0.1, -0.05) is 0 Å². The lowest BCUT2D eigenvalue weighted by Crippen LogP contribution is -2.49. The van der Waals surface area contributed by atoms with E-state index in [4.69, 9.17) is 14.8 Å². The number of anilines is 1. The minimum absolute atomic E-state index is 0.0348. The number of aryl methyl sites for hydroxylation is 1. The van der Waals surface area contributed by atoms with Gasteiger partial charge < -0.3 is 34.8 Å². The highest BCUT2D eigenvalue weighted by Gasteiger charge is 2.31. The Hall–Kier alpha value is -1.70. The molecule has 9 nitrogen and oxygen atoms in total. The maximum atomic E-state index is 9.85. The van der Waals surface area contributed by atoms with Crippen LogP contribution in [0.5, 0.6) is 0 Å². The van der Waals surface area contributed by atoms with E-state index < -0.39 is 31.0 Å². The molecule has 5 N–H and O–H groups in total. The van der Waals surface area contributed by atoms with Crippen molar-refractivity contribution in [3.05, 3.63) is 11.6 Å². The zero-order valence-corrected chi connectivity index (χ0v) is 11.7. The lowest BCUT2D eigenvalue weighted by atomic mass is 10.0. The van der Waals surface area contributed by atoms with Crippen molar-refractivity contribution in [3.8, 4) is 6.07 Å². The van der Waals surface area contributed by atoms with Crippen LogP contribution in [-0.2, 0) is 0 Å². The van der Waals surface area contributed by atoms with Crippen LogP contribution < -0.4 is 4.90 Å². The minimum Gasteiger partial charge on any atom is -0.424 e. The molecule has 9 heteroatoms. The normalized spacial score (nSPS) is 16.9. The number of hydrogen-bond acceptors (Lipinski definition) is 9. The van der Waals surface area contributed by atoms with Gasteiger partial charge in [0.1, 0.15) is 30.5 Å². The molecule has 118 valence electrons. The molecule has 0 saturated heterocycles. The molecular formula is C12H19N3O6. The van der Waals surface area contributed by atoms with Crippen molar-refractivity contribution in [1.29, 1.82) is 5.26 Å². The summed E-state index contributed by atoms with van der Waals surface area (Å²) in [6.07, 6.45) is -6.39. The number of likely N-dealkylation sites (N-methyl/N-ethyl adjacent to an activating group) is 1. The number of oxazole rings is 1. The first-order valence-corrected chi connectivity index (χ1v) is 6.23. The molecule has 1 rings (SSSR count). The maximum absolute atomic E-state index is 9.85. The van der Waals surface area contributed by atoms with Crippen molar-refractivity contribution in [2.75, 3.05) is 25.1 Å². The third-order valence-electron chi connectivity index (χ3n) is 2.96. The molecule has 21 heavy (non-hydrogen) atoms. The minimum atomic E-state index is -1.70. The van der Waals surface area contributed by atoms with E-state index in [1.54, 1.807) is 6.92 Å². The molecule has 4 unspecified atom stereocenters. The average Bonchev–Trinajstić information content (AvgIpc) is 2.85. The largest absolute Gasteiger partial charge is 0.424 e. The molecule has 1 aromatic heterocycles. The third kappa shape index (κ3) is 4.13. The summed E-state index contributed by atoms with van der Waals surface area (Å²) < 4.78 is 5.22. The molecule has 0 aliphatic heterocycles. The lowest BCUT2D eigenvalue weighted by Gasteiger charge is -2.28. The van der Waals surface area contributed by atoms with Gasteiger partial charge in [-0.25, -0.2) is 4.98 Å². The first kappa shape index (κ1) is 17.4. The first-order valence-electron chi connectivity index (χ1n) is 6.23. The summed E-state index contributed by atoms with van der Waals surface area (Å²) in [4.78, 5) is 5.19. The van der Waals surface area contributed by atoms with E-state index in [1.807, 2.05) is 6.07 Å². The summed E-state index contributed by atoms with van der Waals surface area (Å²) >= 11 is 0. The molecular weight excluding hydrogens is 282 g/mol. The van der Waals surface area contributed by atoms with Crippen molar-refractivity contribution in [1.82, 2.24) is 4.98 Å². The van der Waals surface area contributed by atoms with E-state index in [0.29, 0.717) is 0 Å². The van der Waals surface area contributed by atoms with Crippen molar-refractivity contribution >= 4 is 5.88 Å². The molecule has 4 atom stereocenters. The number of nitrogens with zero attached hydrogens (tertiary/aromatic N) is 3. The van der Waals surface area contributed by atoms with E-state index in [1.165, 1.54) is 11.9 Å². The first-order chi connectivity index (χ1) is 9.81. The van der Waals surface area contributed by atoms with Gasteiger partial charge in [0, 0.05) is 20.5 Å². The Morgan fingerprint density at radius 3 is 2.33 bits per heavy atom. The highest BCUT2D eigenvalue weighted by molar-refractivity contribution is 5.47. The Morgan fingerprint density at radius 2 is 1.81 bits per heavy atom. The Bertz CT molecular complexity index is 500. The summed E-state index contributed by atoms with van der Waals surface area (Å²) in [5.74, 6) is 0.401. The molecule has 1 aromatic rings. The number of nitriles is 1. The van der Waals surface area contributed by atoms with Gasteiger partial charge in [0.2, 0.25) is 11.6 Å². The Kier molecular flexibility index (Phi) is 6.07. The van der Waals surface area contributed by atoms with E-state index >= 15 is 0 Å². The van der Waals surface area contributed by atoms with Crippen LogP contribution in [0.4, 0.5) is 5.88 Å². The van der Waals surface area contributed by atoms with Gasteiger partial charge in [-0.3, -0.25) is 0 Å². The number of hydrogen-bond donors (Lipinski definition) is 5. The fraction of sp³-hybridized carbons (Fsp3) is 0.667. The molecule has 0 amide bonds. The summed E-state index contributed by atoms with van der Waals surface area (Å²) in [5, 5.41) is 55.9. The van der Waals surface area contributed by atoms with Crippen molar-refractivity contribution in [2.45, 2.75) is 31.3 Å². The van der Waals surface area contributed by atoms with Crippen LogP contribution in [0.25, 0.3) is 0 Å². The predicted molar refractivity (Wildman–Crippen MR) is 70.3 cm³/mol. The van der Waals surface area contributed by atoms with E-state index in [-0.39, 0.29) is 24.0 Å². The summed E-state index contributed by atoms with van der Waals surface area (Å²) in [5.41, 5.74) is 0.0348. The van der Waals surface area contributed by atoms with Crippen LogP contribution in [-0.4, -0.2) is 75.1 Å². The molecule has 0 aliphatic carbocycles. The molecule has 0 bridgehead atoms. The number of aliphatic hydroxyl groups excluding tert-OH is 5. The quantitative estimate of drug-likeness (QED) is 0.375. The molecule has 0 fully saturated rings. The van der Waals surface area contributed by atoms with E-state index in [0.717, 1.165) is 0 Å². The molecule has 1 heterocycles. The highest BCUT2D eigenvalue weighted by atomic mass is 16.4. The number of rotatable bonds is 7. The summed E-state index contributed by atoms with van der Waals surface area (Å²) in [6.45, 7) is 0.630. The molecule has 0 saturated carbocycles. The predicted octanol–water partition coefficient (Wildman–Crippen LogP) is -2.27. The second-order valence-electron chi connectivity index (χ2n) is 4.68. The van der Waals surface area contributed by atoms with E-state index in [9.17, 15) is 20.4 Å². The molecule has 0 aromatic carbocycles. The smallest absolute Gasteiger partial charge is 0.234 e. The molecule has 0 spiro atoms. The fourth-order valence-electron chi connectivity index (χ4n) is 1.78. The SMILES string of the molecule is Cc1nc(C#N)c(N(C)CC(O)C(O)C(O)C(O)CO)o1. The highest BCUT2D eigenvalue weighted by Crippen LogP contribution is 2.20. The van der Waals surface area contributed by atoms with Crippen molar-refractivity contribution in [3.63, 3.8) is 0 Å². The Labute approximate surface area is 121 Å². The Morgan fingerprint density at radius 1 is 1.24 bits per heavy atom. The van der Waals surface area contributed by atoms with Gasteiger partial charge in [0.05, 0.1) is 6.61 Å². The van der Waals surface area contributed by atoms with Gasteiger partial charge in [0.15, 0.2) is 5.89 Å². The fourth-order valence-corrected chi connectivity index (χ4v) is 1.78. The van der Waals surface area contributed by atoms with Crippen molar-refractivity contribution < 1.29 is 29.9 Å². The van der Waals surface area contributed by atoms with Gasteiger partial charge in [-0.05, 0) is 0 Å². The third-order valence-corrected chi connectivity index (χ3v) is 2.96. The maximum Gasteiger partial charge on any atom is 0.234 e. The van der Waals surface area contributed by atoms with Gasteiger partial charge in [0.25, 0.3) is 0 Å². The number of aliphatic hydroxyl groups is 5. The van der Waals surface area contributed by atoms with Crippen LogP contribution in [0.2, 0.25) is 0 Å². The second kappa shape index (κ2) is 7.35. The van der Waals surface area contributed by atoms with Crippen LogP contribution in [0.15, 0.2) is 4.42 Å². The summed E-state index contributed by atoms with van der Waals surface area (Å²) in [6, 6.07) is 1.84. The van der Waals surface area contributed by atoms with Crippen LogP contribution in [0.1, 0.15) is 11.6 Å². The topological polar surface area (TPSA) is 154 Å². The van der Waals surface area contributed by atoms with Crippen molar-refractivity contribution in [2.24, 2.45) is 0 Å². The molecule has 0 aliphatic rings.